The first kappa shape index (κ1) is 16.3. The van der Waals surface area contributed by atoms with Gasteiger partial charge in [-0.05, 0) is 37.6 Å². The molecule has 3 N–H and O–H groups in total. The van der Waals surface area contributed by atoms with Crippen molar-refractivity contribution < 1.29 is 13.9 Å². The van der Waals surface area contributed by atoms with Crippen molar-refractivity contribution in [1.82, 2.24) is 15.3 Å². The van der Waals surface area contributed by atoms with E-state index in [1.54, 1.807) is 18.2 Å². The lowest BCUT2D eigenvalue weighted by molar-refractivity contribution is -0.124. The van der Waals surface area contributed by atoms with Gasteiger partial charge in [0, 0.05) is 6.54 Å². The zero-order valence-electron chi connectivity index (χ0n) is 13.4. The van der Waals surface area contributed by atoms with Crippen LogP contribution in [0.2, 0.25) is 0 Å². The summed E-state index contributed by atoms with van der Waals surface area (Å²) in [6, 6.07) is 6.19. The van der Waals surface area contributed by atoms with Gasteiger partial charge in [0.15, 0.2) is 0 Å². The number of benzene rings is 1. The van der Waals surface area contributed by atoms with Gasteiger partial charge in [-0.15, -0.1) is 0 Å². The molecule has 2 heterocycles. The predicted octanol–water partition coefficient (Wildman–Crippen LogP) is 1.40. The SMILES string of the molecule is COc1cccc(F)c1-c1cc(C2(C(N)=O)CCCNC2)ncn1. The number of nitrogens with zero attached hydrogens (tertiary/aromatic N) is 2. The molecule has 1 aliphatic heterocycles. The second kappa shape index (κ2) is 6.52. The normalized spacial score (nSPS) is 20.6. The number of piperidine rings is 1. The third-order valence-corrected chi connectivity index (χ3v) is 4.46. The third-order valence-electron chi connectivity index (χ3n) is 4.46. The van der Waals surface area contributed by atoms with E-state index in [1.807, 2.05) is 0 Å². The average molecular weight is 330 g/mol. The molecule has 1 aromatic carbocycles. The van der Waals surface area contributed by atoms with Crippen LogP contribution in [0.3, 0.4) is 0 Å². The Balaban J connectivity index is 2.12. The Morgan fingerprint density at radius 1 is 1.42 bits per heavy atom. The molecule has 1 aromatic heterocycles. The molecule has 1 fully saturated rings. The van der Waals surface area contributed by atoms with E-state index in [4.69, 9.17) is 10.5 Å². The molecule has 126 valence electrons. The standard InChI is InChI=1S/C17H19FN4O2/c1-24-13-5-2-4-11(18)15(13)12-8-14(22-10-21-12)17(16(19)23)6-3-7-20-9-17/h2,4-5,8,10,20H,3,6-7,9H2,1H3,(H2,19,23). The van der Waals surface area contributed by atoms with E-state index in [9.17, 15) is 9.18 Å². The zero-order chi connectivity index (χ0) is 17.2. The number of carbonyl (C=O) groups excluding carboxylic acids is 1. The quantitative estimate of drug-likeness (QED) is 0.884. The van der Waals surface area contributed by atoms with E-state index in [0.717, 1.165) is 13.0 Å². The van der Waals surface area contributed by atoms with Gasteiger partial charge in [0.1, 0.15) is 23.3 Å². The molecular weight excluding hydrogens is 311 g/mol. The molecule has 2 aromatic rings. The van der Waals surface area contributed by atoms with Gasteiger partial charge >= 0.3 is 0 Å². The maximum Gasteiger partial charge on any atom is 0.230 e. The molecule has 0 bridgehead atoms. The minimum Gasteiger partial charge on any atom is -0.496 e. The first-order valence-corrected chi connectivity index (χ1v) is 7.74. The van der Waals surface area contributed by atoms with Gasteiger partial charge in [-0.3, -0.25) is 4.79 Å². The predicted molar refractivity (Wildman–Crippen MR) is 87.0 cm³/mol. The molecule has 24 heavy (non-hydrogen) atoms. The molecule has 1 aliphatic rings. The number of aromatic nitrogens is 2. The zero-order valence-corrected chi connectivity index (χ0v) is 13.4. The van der Waals surface area contributed by atoms with Gasteiger partial charge in [-0.25, -0.2) is 14.4 Å². The number of ether oxygens (including phenoxy) is 1. The number of amides is 1. The minimum atomic E-state index is -0.908. The smallest absolute Gasteiger partial charge is 0.230 e. The summed E-state index contributed by atoms with van der Waals surface area (Å²) in [6.07, 6.45) is 2.74. The number of carbonyl (C=O) groups is 1. The number of nitrogens with two attached hydrogens (primary N) is 1. The Morgan fingerprint density at radius 2 is 2.25 bits per heavy atom. The topological polar surface area (TPSA) is 90.1 Å². The summed E-state index contributed by atoms with van der Waals surface area (Å²) in [5, 5.41) is 3.19. The Hall–Kier alpha value is -2.54. The Bertz CT molecular complexity index is 760. The summed E-state index contributed by atoms with van der Waals surface area (Å²) in [5.41, 5.74) is 5.87. The first-order chi connectivity index (χ1) is 11.6. The molecule has 7 heteroatoms. The van der Waals surface area contributed by atoms with Gasteiger partial charge in [0.25, 0.3) is 0 Å². The van der Waals surface area contributed by atoms with Crippen molar-refractivity contribution in [3.63, 3.8) is 0 Å². The van der Waals surface area contributed by atoms with Crippen molar-refractivity contribution in [1.29, 1.82) is 0 Å². The van der Waals surface area contributed by atoms with E-state index in [0.29, 0.717) is 30.1 Å². The number of rotatable bonds is 4. The van der Waals surface area contributed by atoms with Crippen LogP contribution in [0, 0.1) is 5.82 Å². The van der Waals surface area contributed by atoms with Crippen molar-refractivity contribution in [2.45, 2.75) is 18.3 Å². The minimum absolute atomic E-state index is 0.243. The number of nitrogens with one attached hydrogen (secondary N) is 1. The Labute approximate surface area is 139 Å². The lowest BCUT2D eigenvalue weighted by Gasteiger charge is -2.34. The highest BCUT2D eigenvalue weighted by Gasteiger charge is 2.41. The maximum absolute atomic E-state index is 14.3. The molecular formula is C17H19FN4O2. The van der Waals surface area contributed by atoms with E-state index < -0.39 is 17.1 Å². The average Bonchev–Trinajstić information content (AvgIpc) is 2.62. The van der Waals surface area contributed by atoms with E-state index >= 15 is 0 Å². The first-order valence-electron chi connectivity index (χ1n) is 7.74. The fourth-order valence-electron chi connectivity index (χ4n) is 3.14. The van der Waals surface area contributed by atoms with Gasteiger partial charge in [0.05, 0.1) is 24.1 Å². The van der Waals surface area contributed by atoms with Crippen LogP contribution in [0.15, 0.2) is 30.6 Å². The van der Waals surface area contributed by atoms with Gasteiger partial charge in [-0.1, -0.05) is 6.07 Å². The van der Waals surface area contributed by atoms with Crippen molar-refractivity contribution >= 4 is 5.91 Å². The van der Waals surface area contributed by atoms with Crippen LogP contribution in [0.25, 0.3) is 11.3 Å². The third kappa shape index (κ3) is 2.71. The summed E-state index contributed by atoms with van der Waals surface area (Å²) < 4.78 is 19.5. The summed E-state index contributed by atoms with van der Waals surface area (Å²) in [7, 11) is 1.47. The number of primary amides is 1. The molecule has 0 radical (unpaired) electrons. The molecule has 1 unspecified atom stereocenters. The fraction of sp³-hybridized carbons (Fsp3) is 0.353. The summed E-state index contributed by atoms with van der Waals surface area (Å²) in [5.74, 6) is -0.525. The number of hydrogen-bond donors (Lipinski definition) is 2. The number of halogens is 1. The van der Waals surface area contributed by atoms with Crippen LogP contribution in [0.5, 0.6) is 5.75 Å². The molecule has 0 aliphatic carbocycles. The van der Waals surface area contributed by atoms with Crippen LogP contribution in [-0.2, 0) is 10.2 Å². The molecule has 1 atom stereocenters. The summed E-state index contributed by atoms with van der Waals surface area (Å²) >= 11 is 0. The lowest BCUT2D eigenvalue weighted by Crippen LogP contribution is -2.52. The second-order valence-electron chi connectivity index (χ2n) is 5.83. The Kier molecular flexibility index (Phi) is 4.44. The highest BCUT2D eigenvalue weighted by Crippen LogP contribution is 2.35. The van der Waals surface area contributed by atoms with E-state index in [-0.39, 0.29) is 5.56 Å². The second-order valence-corrected chi connectivity index (χ2v) is 5.83. The fourth-order valence-corrected chi connectivity index (χ4v) is 3.14. The van der Waals surface area contributed by atoms with Crippen molar-refractivity contribution in [3.8, 4) is 17.0 Å². The largest absolute Gasteiger partial charge is 0.496 e. The van der Waals surface area contributed by atoms with Crippen LogP contribution in [-0.4, -0.2) is 36.1 Å². The van der Waals surface area contributed by atoms with Crippen LogP contribution in [0.1, 0.15) is 18.5 Å². The number of methoxy groups -OCH3 is 1. The van der Waals surface area contributed by atoms with Gasteiger partial charge in [0.2, 0.25) is 5.91 Å². The lowest BCUT2D eigenvalue weighted by atomic mass is 9.76. The monoisotopic (exact) mass is 330 g/mol. The van der Waals surface area contributed by atoms with Gasteiger partial charge in [-0.2, -0.15) is 0 Å². The van der Waals surface area contributed by atoms with Crippen LogP contribution in [0.4, 0.5) is 4.39 Å². The van der Waals surface area contributed by atoms with Crippen LogP contribution >= 0.6 is 0 Å². The highest BCUT2D eigenvalue weighted by molar-refractivity contribution is 5.87. The number of hydrogen-bond acceptors (Lipinski definition) is 5. The van der Waals surface area contributed by atoms with Gasteiger partial charge < -0.3 is 15.8 Å². The van der Waals surface area contributed by atoms with E-state index in [1.165, 1.54) is 19.5 Å². The van der Waals surface area contributed by atoms with Crippen molar-refractivity contribution in [3.05, 3.63) is 42.1 Å². The van der Waals surface area contributed by atoms with E-state index in [2.05, 4.69) is 15.3 Å². The molecule has 1 amide bonds. The molecule has 6 nitrogen and oxygen atoms in total. The molecule has 1 saturated heterocycles. The Morgan fingerprint density at radius 3 is 2.92 bits per heavy atom. The summed E-state index contributed by atoms with van der Waals surface area (Å²) in [6.45, 7) is 1.24. The molecule has 0 saturated carbocycles. The van der Waals surface area contributed by atoms with Crippen molar-refractivity contribution in [2.24, 2.45) is 5.73 Å². The maximum atomic E-state index is 14.3. The highest BCUT2D eigenvalue weighted by atomic mass is 19.1. The summed E-state index contributed by atoms with van der Waals surface area (Å²) in [4.78, 5) is 20.6. The van der Waals surface area contributed by atoms with Crippen molar-refractivity contribution in [2.75, 3.05) is 20.2 Å². The molecule has 3 rings (SSSR count). The van der Waals surface area contributed by atoms with Crippen LogP contribution < -0.4 is 15.8 Å². The molecule has 0 spiro atoms.